The molecule has 1 aliphatic rings. The van der Waals surface area contributed by atoms with Gasteiger partial charge in [0.2, 0.25) is 15.9 Å². The fourth-order valence-electron chi connectivity index (χ4n) is 2.30. The maximum absolute atomic E-state index is 12.5. The van der Waals surface area contributed by atoms with Gasteiger partial charge >= 0.3 is 0 Å². The molecule has 7 heteroatoms. The van der Waals surface area contributed by atoms with Crippen molar-refractivity contribution in [3.05, 3.63) is 54.1 Å². The van der Waals surface area contributed by atoms with Crippen LogP contribution in [0.25, 0.3) is 0 Å². The lowest BCUT2D eigenvalue weighted by Gasteiger charge is -2.11. The number of carbonyl (C=O) groups is 1. The van der Waals surface area contributed by atoms with E-state index < -0.39 is 10.0 Å². The van der Waals surface area contributed by atoms with Crippen LogP contribution in [0.2, 0.25) is 0 Å². The number of thioether (sulfide) groups is 1. The predicted molar refractivity (Wildman–Crippen MR) is 95.4 cm³/mol. The Balaban J connectivity index is 1.81. The zero-order valence-corrected chi connectivity index (χ0v) is 14.8. The van der Waals surface area contributed by atoms with Gasteiger partial charge in [0.15, 0.2) is 0 Å². The first-order valence-corrected chi connectivity index (χ1v) is 10.0. The SMILES string of the molecule is C[C@H]1CSc2ccc(S(=O)(=O)NCc3ccccc3)cc2NC1=O. The number of sulfonamides is 1. The minimum Gasteiger partial charge on any atom is -0.325 e. The van der Waals surface area contributed by atoms with Gasteiger partial charge in [0.1, 0.15) is 0 Å². The van der Waals surface area contributed by atoms with E-state index in [0.29, 0.717) is 11.4 Å². The van der Waals surface area contributed by atoms with Gasteiger partial charge in [0.25, 0.3) is 0 Å². The van der Waals surface area contributed by atoms with Crippen LogP contribution in [0.4, 0.5) is 5.69 Å². The van der Waals surface area contributed by atoms with E-state index >= 15 is 0 Å². The van der Waals surface area contributed by atoms with E-state index in [4.69, 9.17) is 0 Å². The molecule has 1 heterocycles. The van der Waals surface area contributed by atoms with Crippen molar-refractivity contribution < 1.29 is 13.2 Å². The third-order valence-corrected chi connectivity index (χ3v) is 6.50. The molecular formula is C17H18N2O3S2. The zero-order valence-electron chi connectivity index (χ0n) is 13.2. The molecule has 1 amide bonds. The highest BCUT2D eigenvalue weighted by Gasteiger charge is 2.22. The molecule has 24 heavy (non-hydrogen) atoms. The topological polar surface area (TPSA) is 75.3 Å². The molecule has 0 spiro atoms. The van der Waals surface area contributed by atoms with Crippen LogP contribution in [0.15, 0.2) is 58.3 Å². The van der Waals surface area contributed by atoms with E-state index in [1.807, 2.05) is 37.3 Å². The highest BCUT2D eigenvalue weighted by molar-refractivity contribution is 7.99. The molecule has 5 nitrogen and oxygen atoms in total. The Morgan fingerprint density at radius 2 is 1.96 bits per heavy atom. The summed E-state index contributed by atoms with van der Waals surface area (Å²) in [4.78, 5) is 13.0. The molecule has 2 N–H and O–H groups in total. The highest BCUT2D eigenvalue weighted by Crippen LogP contribution is 2.34. The van der Waals surface area contributed by atoms with Gasteiger partial charge in [-0.1, -0.05) is 37.3 Å². The van der Waals surface area contributed by atoms with Crippen LogP contribution in [0.5, 0.6) is 0 Å². The first-order valence-electron chi connectivity index (χ1n) is 7.57. The second-order valence-electron chi connectivity index (χ2n) is 5.67. The summed E-state index contributed by atoms with van der Waals surface area (Å²) < 4.78 is 27.6. The summed E-state index contributed by atoms with van der Waals surface area (Å²) in [5, 5.41) is 2.81. The van der Waals surface area contributed by atoms with Crippen molar-refractivity contribution in [3.63, 3.8) is 0 Å². The number of benzene rings is 2. The van der Waals surface area contributed by atoms with Crippen molar-refractivity contribution in [1.29, 1.82) is 0 Å². The van der Waals surface area contributed by atoms with Crippen LogP contribution in [0, 0.1) is 5.92 Å². The average Bonchev–Trinajstić information content (AvgIpc) is 2.72. The molecule has 0 saturated carbocycles. The number of rotatable bonds is 4. The second-order valence-corrected chi connectivity index (χ2v) is 8.50. The van der Waals surface area contributed by atoms with Crippen LogP contribution in [-0.4, -0.2) is 20.1 Å². The number of hydrogen-bond donors (Lipinski definition) is 2. The van der Waals surface area contributed by atoms with Crippen LogP contribution in [0.1, 0.15) is 12.5 Å². The van der Waals surface area contributed by atoms with Gasteiger partial charge in [-0.25, -0.2) is 13.1 Å². The van der Waals surface area contributed by atoms with Gasteiger partial charge in [-0.2, -0.15) is 0 Å². The van der Waals surface area contributed by atoms with E-state index in [0.717, 1.165) is 10.5 Å². The predicted octanol–water partition coefficient (Wildman–Crippen LogP) is 2.85. The van der Waals surface area contributed by atoms with E-state index in [1.165, 1.54) is 6.07 Å². The average molecular weight is 362 g/mol. The monoisotopic (exact) mass is 362 g/mol. The van der Waals surface area contributed by atoms with Crippen LogP contribution in [-0.2, 0) is 21.4 Å². The van der Waals surface area contributed by atoms with Gasteiger partial charge in [0.05, 0.1) is 10.6 Å². The number of hydrogen-bond acceptors (Lipinski definition) is 4. The number of fused-ring (bicyclic) bond motifs is 1. The summed E-state index contributed by atoms with van der Waals surface area (Å²) >= 11 is 1.55. The minimum absolute atomic E-state index is 0.0898. The summed E-state index contributed by atoms with van der Waals surface area (Å²) in [7, 11) is -3.65. The molecule has 0 radical (unpaired) electrons. The fraction of sp³-hybridized carbons (Fsp3) is 0.235. The first kappa shape index (κ1) is 17.0. The van der Waals surface area contributed by atoms with Crippen molar-refractivity contribution in [2.45, 2.75) is 23.3 Å². The van der Waals surface area contributed by atoms with E-state index in [-0.39, 0.29) is 23.3 Å². The molecule has 0 fully saturated rings. The maximum atomic E-state index is 12.5. The molecule has 2 aromatic rings. The van der Waals surface area contributed by atoms with Gasteiger partial charge < -0.3 is 5.32 Å². The Morgan fingerprint density at radius 1 is 1.21 bits per heavy atom. The summed E-state index contributed by atoms with van der Waals surface area (Å²) in [6.07, 6.45) is 0. The Morgan fingerprint density at radius 3 is 2.71 bits per heavy atom. The number of carbonyl (C=O) groups excluding carboxylic acids is 1. The Kier molecular flexibility index (Phi) is 4.93. The zero-order chi connectivity index (χ0) is 17.2. The lowest BCUT2D eigenvalue weighted by molar-refractivity contribution is -0.118. The van der Waals surface area contributed by atoms with Crippen molar-refractivity contribution in [3.8, 4) is 0 Å². The summed E-state index contributed by atoms with van der Waals surface area (Å²) in [6, 6.07) is 14.2. The third-order valence-electron chi connectivity index (χ3n) is 3.76. The van der Waals surface area contributed by atoms with Crippen LogP contribution >= 0.6 is 11.8 Å². The molecule has 0 aliphatic carbocycles. The normalized spacial score (nSPS) is 17.7. The van der Waals surface area contributed by atoms with Crippen LogP contribution < -0.4 is 10.0 Å². The van der Waals surface area contributed by atoms with Crippen molar-refractivity contribution in [2.24, 2.45) is 5.92 Å². The largest absolute Gasteiger partial charge is 0.325 e. The molecule has 0 aromatic heterocycles. The van der Waals surface area contributed by atoms with Crippen LogP contribution in [0.3, 0.4) is 0 Å². The van der Waals surface area contributed by atoms with Gasteiger partial charge in [0, 0.05) is 23.1 Å². The Bertz CT molecular complexity index is 851. The number of anilines is 1. The van der Waals surface area contributed by atoms with Crippen molar-refractivity contribution in [2.75, 3.05) is 11.1 Å². The van der Waals surface area contributed by atoms with Gasteiger partial charge in [-0.15, -0.1) is 11.8 Å². The Hall–Kier alpha value is -1.83. The molecule has 1 atom stereocenters. The van der Waals surface area contributed by atoms with E-state index in [1.54, 1.807) is 23.9 Å². The smallest absolute Gasteiger partial charge is 0.240 e. The summed E-state index contributed by atoms with van der Waals surface area (Å²) in [6.45, 7) is 2.08. The summed E-state index contributed by atoms with van der Waals surface area (Å²) in [5.41, 5.74) is 1.44. The van der Waals surface area contributed by atoms with Gasteiger partial charge in [-0.05, 0) is 23.8 Å². The first-order chi connectivity index (χ1) is 11.5. The Labute approximate surface area is 145 Å². The van der Waals surface area contributed by atoms with Gasteiger partial charge in [-0.3, -0.25) is 4.79 Å². The number of amides is 1. The quantitative estimate of drug-likeness (QED) is 0.877. The molecule has 3 rings (SSSR count). The third kappa shape index (κ3) is 3.80. The molecule has 0 bridgehead atoms. The molecule has 126 valence electrons. The standard InChI is InChI=1S/C17H18N2O3S2/c1-12-11-23-16-8-7-14(9-15(16)19-17(12)20)24(21,22)18-10-13-5-3-2-4-6-13/h2-9,12,18H,10-11H2,1H3,(H,19,20)/t12-/m0/s1. The van der Waals surface area contributed by atoms with E-state index in [9.17, 15) is 13.2 Å². The molecule has 2 aromatic carbocycles. The maximum Gasteiger partial charge on any atom is 0.240 e. The highest BCUT2D eigenvalue weighted by atomic mass is 32.2. The minimum atomic E-state index is -3.65. The fourth-order valence-corrected chi connectivity index (χ4v) is 4.36. The molecule has 0 saturated heterocycles. The number of nitrogens with one attached hydrogen (secondary N) is 2. The molecule has 0 unspecified atom stereocenters. The van der Waals surface area contributed by atoms with E-state index in [2.05, 4.69) is 10.0 Å². The lowest BCUT2D eigenvalue weighted by Crippen LogP contribution is -2.24. The van der Waals surface area contributed by atoms with Crippen molar-refractivity contribution in [1.82, 2.24) is 4.72 Å². The molecule has 1 aliphatic heterocycles. The molecular weight excluding hydrogens is 344 g/mol. The second kappa shape index (κ2) is 6.96. The summed E-state index contributed by atoms with van der Waals surface area (Å²) in [5.74, 6) is 0.476. The lowest BCUT2D eigenvalue weighted by atomic mass is 10.2. The van der Waals surface area contributed by atoms with Crippen molar-refractivity contribution >= 4 is 33.4 Å².